The van der Waals surface area contributed by atoms with Gasteiger partial charge in [0, 0.05) is 20.2 Å². The molecule has 1 aliphatic rings. The number of hydrogen-bond acceptors (Lipinski definition) is 6. The summed E-state index contributed by atoms with van der Waals surface area (Å²) in [6.45, 7) is 1.55. The summed E-state index contributed by atoms with van der Waals surface area (Å²) in [6.07, 6.45) is -0.541. The first-order valence-electron chi connectivity index (χ1n) is 8.16. The van der Waals surface area contributed by atoms with Crippen LogP contribution in [0.4, 0.5) is 0 Å². The van der Waals surface area contributed by atoms with Crippen LogP contribution in [0.2, 0.25) is 0 Å². The second-order valence-corrected chi connectivity index (χ2v) is 7.13. The van der Waals surface area contributed by atoms with Gasteiger partial charge in [-0.05, 0) is 30.3 Å². The number of aliphatic hydroxyl groups is 1. The molecule has 1 aromatic heterocycles. The van der Waals surface area contributed by atoms with Gasteiger partial charge < -0.3 is 19.3 Å². The Kier molecular flexibility index (Phi) is 4.67. The summed E-state index contributed by atoms with van der Waals surface area (Å²) in [7, 11) is 0. The molecule has 2 heterocycles. The number of rotatable bonds is 7. The van der Waals surface area contributed by atoms with Crippen molar-refractivity contribution in [3.8, 4) is 5.75 Å². The Hall–Kier alpha value is -1.99. The van der Waals surface area contributed by atoms with Gasteiger partial charge in [-0.15, -0.1) is 11.3 Å². The first-order chi connectivity index (χ1) is 12.2. The maximum atomic E-state index is 12.7. The summed E-state index contributed by atoms with van der Waals surface area (Å²) in [5, 5.41) is 11.3. The molecule has 6 heteroatoms. The summed E-state index contributed by atoms with van der Waals surface area (Å²) < 4.78 is 17.9. The van der Waals surface area contributed by atoms with E-state index in [1.807, 2.05) is 36.4 Å². The average molecular weight is 358 g/mol. The third-order valence-electron chi connectivity index (χ3n) is 4.01. The van der Waals surface area contributed by atoms with E-state index in [4.69, 9.17) is 14.2 Å². The minimum atomic E-state index is -0.722. The Labute approximate surface area is 148 Å². The Balaban J connectivity index is 1.47. The first kappa shape index (κ1) is 16.5. The molecule has 2 unspecified atom stereocenters. The zero-order valence-corrected chi connectivity index (χ0v) is 14.3. The largest absolute Gasteiger partial charge is 0.491 e. The number of hydrogen-bond donors (Lipinski definition) is 1. The molecule has 1 N–H and O–H groups in total. The van der Waals surface area contributed by atoms with Crippen LogP contribution in [0.25, 0.3) is 20.2 Å². The fraction of sp³-hybridized carbons (Fsp3) is 0.316. The van der Waals surface area contributed by atoms with Crippen molar-refractivity contribution >= 4 is 31.5 Å². The Bertz CT molecular complexity index is 947. The van der Waals surface area contributed by atoms with Gasteiger partial charge in [0.1, 0.15) is 24.6 Å². The van der Waals surface area contributed by atoms with Crippen molar-refractivity contribution < 1.29 is 19.3 Å². The van der Waals surface area contributed by atoms with E-state index in [-0.39, 0.29) is 24.7 Å². The number of benzene rings is 2. The molecule has 0 amide bonds. The monoisotopic (exact) mass is 358 g/mol. The van der Waals surface area contributed by atoms with Crippen LogP contribution >= 0.6 is 11.3 Å². The van der Waals surface area contributed by atoms with Crippen molar-refractivity contribution in [2.45, 2.75) is 12.2 Å². The van der Waals surface area contributed by atoms with E-state index in [0.29, 0.717) is 23.1 Å². The van der Waals surface area contributed by atoms with E-state index < -0.39 is 6.10 Å². The average Bonchev–Trinajstić information content (AvgIpc) is 3.45. The number of ether oxygens (including phenoxy) is 3. The molecular formula is C19H18O5S. The lowest BCUT2D eigenvalue weighted by Gasteiger charge is -2.13. The molecule has 2 aromatic carbocycles. The van der Waals surface area contributed by atoms with Crippen LogP contribution in [-0.2, 0) is 9.47 Å². The van der Waals surface area contributed by atoms with Crippen molar-refractivity contribution in [1.82, 2.24) is 0 Å². The van der Waals surface area contributed by atoms with Crippen molar-refractivity contribution in [2.75, 3.05) is 26.4 Å². The molecule has 2 atom stereocenters. The highest BCUT2D eigenvalue weighted by Crippen LogP contribution is 2.27. The minimum absolute atomic E-state index is 0.00288. The molecule has 3 aromatic rings. The zero-order valence-electron chi connectivity index (χ0n) is 13.5. The summed E-state index contributed by atoms with van der Waals surface area (Å²) in [4.78, 5) is 12.7. The van der Waals surface area contributed by atoms with Crippen molar-refractivity contribution in [3.05, 3.63) is 52.7 Å². The van der Waals surface area contributed by atoms with Gasteiger partial charge >= 0.3 is 0 Å². The number of aliphatic hydroxyl groups excluding tert-OH is 1. The van der Waals surface area contributed by atoms with E-state index in [9.17, 15) is 9.90 Å². The van der Waals surface area contributed by atoms with Gasteiger partial charge in [0.2, 0.25) is 0 Å². The molecule has 5 nitrogen and oxygen atoms in total. The zero-order chi connectivity index (χ0) is 17.2. The van der Waals surface area contributed by atoms with E-state index in [2.05, 4.69) is 0 Å². The Morgan fingerprint density at radius 3 is 2.80 bits per heavy atom. The van der Waals surface area contributed by atoms with Crippen molar-refractivity contribution in [1.29, 1.82) is 0 Å². The molecule has 4 rings (SSSR count). The quantitative estimate of drug-likeness (QED) is 0.519. The molecule has 1 fully saturated rings. The maximum Gasteiger partial charge on any atom is 0.196 e. The lowest BCUT2D eigenvalue weighted by atomic mass is 10.2. The molecule has 0 radical (unpaired) electrons. The van der Waals surface area contributed by atoms with Crippen LogP contribution in [0.3, 0.4) is 0 Å². The Morgan fingerprint density at radius 1 is 1.16 bits per heavy atom. The second kappa shape index (κ2) is 7.09. The van der Waals surface area contributed by atoms with Gasteiger partial charge in [-0.2, -0.15) is 0 Å². The van der Waals surface area contributed by atoms with Crippen LogP contribution in [0, 0.1) is 0 Å². The third-order valence-corrected chi connectivity index (χ3v) is 5.16. The molecule has 1 saturated heterocycles. The van der Waals surface area contributed by atoms with Crippen LogP contribution in [0.1, 0.15) is 0 Å². The van der Waals surface area contributed by atoms with Gasteiger partial charge in [-0.3, -0.25) is 4.79 Å². The van der Waals surface area contributed by atoms with Gasteiger partial charge in [0.25, 0.3) is 0 Å². The van der Waals surface area contributed by atoms with Crippen molar-refractivity contribution in [2.24, 2.45) is 0 Å². The Morgan fingerprint density at radius 2 is 1.96 bits per heavy atom. The fourth-order valence-electron chi connectivity index (χ4n) is 2.61. The fourth-order valence-corrected chi connectivity index (χ4v) is 3.66. The standard InChI is InChI=1S/C19H18O5S/c20-12(8-22-10-14-11-24-14)9-23-13-5-6-18-16(7-13)19(21)15-3-1-2-4-17(15)25-18/h1-7,12,14,20H,8-11H2. The van der Waals surface area contributed by atoms with Crippen LogP contribution in [-0.4, -0.2) is 43.7 Å². The molecule has 25 heavy (non-hydrogen) atoms. The predicted octanol–water partition coefficient (Wildman–Crippen LogP) is 2.57. The van der Waals surface area contributed by atoms with E-state index in [1.54, 1.807) is 17.4 Å². The molecule has 1 aliphatic heterocycles. The summed E-state index contributed by atoms with van der Waals surface area (Å²) in [5.74, 6) is 0.566. The molecule has 0 bridgehead atoms. The van der Waals surface area contributed by atoms with Gasteiger partial charge in [-0.1, -0.05) is 12.1 Å². The van der Waals surface area contributed by atoms with Gasteiger partial charge in [0.05, 0.1) is 19.8 Å². The van der Waals surface area contributed by atoms with Gasteiger partial charge in [-0.25, -0.2) is 0 Å². The van der Waals surface area contributed by atoms with Crippen LogP contribution in [0.15, 0.2) is 47.3 Å². The third kappa shape index (κ3) is 3.82. The van der Waals surface area contributed by atoms with E-state index >= 15 is 0 Å². The topological polar surface area (TPSA) is 68.3 Å². The molecule has 0 aliphatic carbocycles. The lowest BCUT2D eigenvalue weighted by Crippen LogP contribution is -2.24. The highest BCUT2D eigenvalue weighted by Gasteiger charge is 2.22. The smallest absolute Gasteiger partial charge is 0.196 e. The lowest BCUT2D eigenvalue weighted by molar-refractivity contribution is 0.00763. The predicted molar refractivity (Wildman–Crippen MR) is 97.7 cm³/mol. The highest BCUT2D eigenvalue weighted by atomic mass is 32.1. The second-order valence-electron chi connectivity index (χ2n) is 6.04. The van der Waals surface area contributed by atoms with E-state index in [1.165, 1.54) is 0 Å². The summed E-state index contributed by atoms with van der Waals surface area (Å²) in [6, 6.07) is 13.0. The first-order valence-corrected chi connectivity index (χ1v) is 8.98. The molecule has 0 saturated carbocycles. The highest BCUT2D eigenvalue weighted by molar-refractivity contribution is 7.24. The van der Waals surface area contributed by atoms with Gasteiger partial charge in [0.15, 0.2) is 5.43 Å². The molecular weight excluding hydrogens is 340 g/mol. The SMILES string of the molecule is O=c1c2ccccc2sc2ccc(OCC(O)COCC3CO3)cc12. The minimum Gasteiger partial charge on any atom is -0.491 e. The molecule has 130 valence electrons. The normalized spacial score (nSPS) is 17.7. The molecule has 0 spiro atoms. The summed E-state index contributed by atoms with van der Waals surface area (Å²) in [5.41, 5.74) is 0.00288. The number of epoxide rings is 1. The van der Waals surface area contributed by atoms with E-state index in [0.717, 1.165) is 16.0 Å². The van der Waals surface area contributed by atoms with Crippen molar-refractivity contribution in [3.63, 3.8) is 0 Å². The van der Waals surface area contributed by atoms with Crippen LogP contribution in [0.5, 0.6) is 5.75 Å². The van der Waals surface area contributed by atoms with Crippen LogP contribution < -0.4 is 10.2 Å². The summed E-state index contributed by atoms with van der Waals surface area (Å²) >= 11 is 1.58. The number of fused-ring (bicyclic) bond motifs is 2. The maximum absolute atomic E-state index is 12.7.